The number of fused-ring (bicyclic) bond motifs is 9. The van der Waals surface area contributed by atoms with Gasteiger partial charge in [-0.3, -0.25) is 4.57 Å². The van der Waals surface area contributed by atoms with Crippen molar-refractivity contribution in [1.29, 1.82) is 0 Å². The lowest BCUT2D eigenvalue weighted by atomic mass is 9.93. The minimum absolute atomic E-state index is 0.0523. The number of aromatic nitrogens is 3. The SMILES string of the molecule is c1cc(C2c3ccccc3-c3cc(-n4c5ccccc5c5ccccc54)ccc32)nc(-n2c3ccccc3c3ccccc32)c1. The van der Waals surface area contributed by atoms with Crippen molar-refractivity contribution in [2.45, 2.75) is 5.92 Å². The second-order valence-corrected chi connectivity index (χ2v) is 12.0. The molecule has 3 nitrogen and oxygen atoms in total. The molecule has 210 valence electrons. The van der Waals surface area contributed by atoms with Gasteiger partial charge in [0.25, 0.3) is 0 Å². The second kappa shape index (κ2) is 9.28. The summed E-state index contributed by atoms with van der Waals surface area (Å²) in [6.07, 6.45) is 0. The number of hydrogen-bond acceptors (Lipinski definition) is 1. The van der Waals surface area contributed by atoms with E-state index in [0.717, 1.165) is 11.5 Å². The minimum Gasteiger partial charge on any atom is -0.309 e. The fourth-order valence-electron chi connectivity index (χ4n) is 7.74. The van der Waals surface area contributed by atoms with E-state index in [1.54, 1.807) is 0 Å². The van der Waals surface area contributed by atoms with Crippen LogP contribution in [0.3, 0.4) is 0 Å². The van der Waals surface area contributed by atoms with Crippen molar-refractivity contribution >= 4 is 43.6 Å². The van der Waals surface area contributed by atoms with Crippen molar-refractivity contribution in [2.75, 3.05) is 0 Å². The van der Waals surface area contributed by atoms with Crippen LogP contribution < -0.4 is 0 Å². The van der Waals surface area contributed by atoms with Crippen molar-refractivity contribution in [3.63, 3.8) is 0 Å². The molecule has 0 N–H and O–H groups in total. The highest BCUT2D eigenvalue weighted by Gasteiger charge is 2.31. The molecule has 45 heavy (non-hydrogen) atoms. The molecule has 0 saturated heterocycles. The van der Waals surface area contributed by atoms with E-state index in [-0.39, 0.29) is 5.92 Å². The van der Waals surface area contributed by atoms with Gasteiger partial charge in [0, 0.05) is 27.2 Å². The molecule has 0 aliphatic heterocycles. The standard InChI is InChI=1S/C42H27N3/c1-2-17-33-28(12-1)35-26-27(44-37-19-7-3-13-29(37)30-14-4-8-20-38(30)44)24-25-34(35)42(33)36-18-11-23-41(43-36)45-39-21-9-5-15-31(39)32-16-6-10-22-40(32)45/h1-26,42H. The lowest BCUT2D eigenvalue weighted by molar-refractivity contribution is 0.921. The van der Waals surface area contributed by atoms with Crippen LogP contribution in [0, 0.1) is 0 Å². The maximum absolute atomic E-state index is 5.41. The smallest absolute Gasteiger partial charge is 0.137 e. The van der Waals surface area contributed by atoms with Gasteiger partial charge in [-0.25, -0.2) is 4.98 Å². The van der Waals surface area contributed by atoms with Gasteiger partial charge in [0.05, 0.1) is 33.7 Å². The monoisotopic (exact) mass is 573 g/mol. The average Bonchev–Trinajstić information content (AvgIpc) is 3.74. The summed E-state index contributed by atoms with van der Waals surface area (Å²) in [6, 6.07) is 57.0. The van der Waals surface area contributed by atoms with Crippen molar-refractivity contribution in [3.8, 4) is 22.6 Å². The Balaban J connectivity index is 1.17. The molecule has 10 rings (SSSR count). The van der Waals surface area contributed by atoms with E-state index in [1.807, 2.05) is 0 Å². The molecule has 0 radical (unpaired) electrons. The van der Waals surface area contributed by atoms with Crippen LogP contribution in [0.5, 0.6) is 0 Å². The number of benzene rings is 6. The molecular weight excluding hydrogens is 546 g/mol. The van der Waals surface area contributed by atoms with Gasteiger partial charge in [0.1, 0.15) is 5.82 Å². The highest BCUT2D eigenvalue weighted by molar-refractivity contribution is 6.10. The molecule has 1 aliphatic rings. The molecule has 0 spiro atoms. The number of nitrogens with zero attached hydrogens (tertiary/aromatic N) is 3. The first-order valence-corrected chi connectivity index (χ1v) is 15.5. The molecule has 0 saturated carbocycles. The Hall–Kier alpha value is -5.93. The van der Waals surface area contributed by atoms with Crippen LogP contribution >= 0.6 is 0 Å². The summed E-state index contributed by atoms with van der Waals surface area (Å²) in [5, 5.41) is 5.04. The zero-order valence-electron chi connectivity index (χ0n) is 24.4. The highest BCUT2D eigenvalue weighted by atomic mass is 15.1. The molecule has 1 unspecified atom stereocenters. The summed E-state index contributed by atoms with van der Waals surface area (Å²) in [5.41, 5.74) is 12.2. The van der Waals surface area contributed by atoms with Gasteiger partial charge in [-0.2, -0.15) is 0 Å². The van der Waals surface area contributed by atoms with Gasteiger partial charge >= 0.3 is 0 Å². The minimum atomic E-state index is 0.0523. The maximum atomic E-state index is 5.41. The van der Waals surface area contributed by atoms with E-state index in [0.29, 0.717) is 0 Å². The van der Waals surface area contributed by atoms with Crippen LogP contribution in [0.15, 0.2) is 158 Å². The third-order valence-electron chi connectivity index (χ3n) is 9.61. The molecule has 3 aromatic heterocycles. The molecule has 9 aromatic rings. The normalized spacial score (nSPS) is 14.0. The van der Waals surface area contributed by atoms with Crippen LogP contribution in [0.2, 0.25) is 0 Å². The van der Waals surface area contributed by atoms with Gasteiger partial charge < -0.3 is 4.57 Å². The van der Waals surface area contributed by atoms with Crippen LogP contribution in [0.4, 0.5) is 0 Å². The highest BCUT2D eigenvalue weighted by Crippen LogP contribution is 2.48. The van der Waals surface area contributed by atoms with Crippen molar-refractivity contribution in [2.24, 2.45) is 0 Å². The van der Waals surface area contributed by atoms with E-state index in [9.17, 15) is 0 Å². The third-order valence-corrected chi connectivity index (χ3v) is 9.61. The van der Waals surface area contributed by atoms with Gasteiger partial charge in [-0.1, -0.05) is 109 Å². The summed E-state index contributed by atoms with van der Waals surface area (Å²) >= 11 is 0. The fraction of sp³-hybridized carbons (Fsp3) is 0.0238. The van der Waals surface area contributed by atoms with E-state index >= 15 is 0 Å². The summed E-state index contributed by atoms with van der Waals surface area (Å²) in [7, 11) is 0. The molecule has 0 bridgehead atoms. The van der Waals surface area contributed by atoms with E-state index in [2.05, 4.69) is 167 Å². The van der Waals surface area contributed by atoms with Gasteiger partial charge in [0.2, 0.25) is 0 Å². The zero-order chi connectivity index (χ0) is 29.5. The molecule has 3 heteroatoms. The first-order valence-electron chi connectivity index (χ1n) is 15.5. The van der Waals surface area contributed by atoms with E-state index in [4.69, 9.17) is 4.98 Å². The summed E-state index contributed by atoms with van der Waals surface area (Å²) in [4.78, 5) is 5.41. The Morgan fingerprint density at radius 3 is 1.53 bits per heavy atom. The molecule has 1 aliphatic carbocycles. The predicted molar refractivity (Wildman–Crippen MR) is 186 cm³/mol. The fourth-order valence-corrected chi connectivity index (χ4v) is 7.74. The number of rotatable bonds is 3. The molecule has 0 amide bonds. The number of hydrogen-bond donors (Lipinski definition) is 0. The molecule has 6 aromatic carbocycles. The third kappa shape index (κ3) is 3.44. The molecule has 3 heterocycles. The second-order valence-electron chi connectivity index (χ2n) is 12.0. The number of pyridine rings is 1. The summed E-state index contributed by atoms with van der Waals surface area (Å²) in [5.74, 6) is 0.995. The Kier molecular flexibility index (Phi) is 5.06. The van der Waals surface area contributed by atoms with E-state index < -0.39 is 0 Å². The summed E-state index contributed by atoms with van der Waals surface area (Å²) < 4.78 is 4.71. The Bertz CT molecular complexity index is 2510. The van der Waals surface area contributed by atoms with Crippen LogP contribution in [0.25, 0.3) is 66.2 Å². The lowest BCUT2D eigenvalue weighted by Crippen LogP contribution is -2.06. The van der Waals surface area contributed by atoms with Gasteiger partial charge in [-0.15, -0.1) is 0 Å². The largest absolute Gasteiger partial charge is 0.309 e. The topological polar surface area (TPSA) is 22.8 Å². The van der Waals surface area contributed by atoms with Gasteiger partial charge in [0.15, 0.2) is 0 Å². The van der Waals surface area contributed by atoms with Gasteiger partial charge in [-0.05, 0) is 70.8 Å². The molecular formula is C42H27N3. The molecule has 1 atom stereocenters. The zero-order valence-corrected chi connectivity index (χ0v) is 24.4. The van der Waals surface area contributed by atoms with Crippen LogP contribution in [-0.2, 0) is 0 Å². The Labute approximate surface area is 260 Å². The number of para-hydroxylation sites is 4. The Morgan fingerprint density at radius 1 is 0.400 bits per heavy atom. The average molecular weight is 574 g/mol. The lowest BCUT2D eigenvalue weighted by Gasteiger charge is -2.16. The predicted octanol–water partition coefficient (Wildman–Crippen LogP) is 10.4. The maximum Gasteiger partial charge on any atom is 0.137 e. The first kappa shape index (κ1) is 24.5. The van der Waals surface area contributed by atoms with Crippen LogP contribution in [-0.4, -0.2) is 14.1 Å². The first-order chi connectivity index (χ1) is 22.3. The molecule has 0 fully saturated rings. The van der Waals surface area contributed by atoms with Crippen LogP contribution in [0.1, 0.15) is 22.7 Å². The van der Waals surface area contributed by atoms with Crippen molar-refractivity contribution in [3.05, 3.63) is 175 Å². The van der Waals surface area contributed by atoms with E-state index in [1.165, 1.54) is 71.6 Å². The quantitative estimate of drug-likeness (QED) is 0.206. The van der Waals surface area contributed by atoms with Crippen molar-refractivity contribution in [1.82, 2.24) is 14.1 Å². The summed E-state index contributed by atoms with van der Waals surface area (Å²) in [6.45, 7) is 0. The Morgan fingerprint density at radius 2 is 0.911 bits per heavy atom. The van der Waals surface area contributed by atoms with Crippen molar-refractivity contribution < 1.29 is 0 Å².